The van der Waals surface area contributed by atoms with Crippen molar-refractivity contribution in [3.8, 4) is 11.5 Å². The second kappa shape index (κ2) is 16.6. The molecule has 7 rings (SSSR count). The van der Waals surface area contributed by atoms with Gasteiger partial charge in [0.2, 0.25) is 5.79 Å². The van der Waals surface area contributed by atoms with E-state index in [1.165, 1.54) is 10.8 Å². The fourth-order valence-corrected chi connectivity index (χ4v) is 9.95. The van der Waals surface area contributed by atoms with Crippen LogP contribution in [0.1, 0.15) is 56.4 Å². The molecule has 1 saturated carbocycles. The number of rotatable bonds is 18. The van der Waals surface area contributed by atoms with Gasteiger partial charge in [0.05, 0.1) is 23.5 Å². The number of aliphatic hydroxyl groups is 2. The molecular weight excluding hydrogens is 661 g/mol. The van der Waals surface area contributed by atoms with Crippen molar-refractivity contribution in [2.75, 3.05) is 53.2 Å². The molecule has 2 fully saturated rings. The largest absolute Gasteiger partial charge is 0.492 e. The van der Waals surface area contributed by atoms with Gasteiger partial charge in [0, 0.05) is 55.6 Å². The Morgan fingerprint density at radius 1 is 1.00 bits per heavy atom. The molecule has 0 spiro atoms. The maximum atomic E-state index is 9.85. The van der Waals surface area contributed by atoms with E-state index in [2.05, 4.69) is 72.2 Å². The van der Waals surface area contributed by atoms with Gasteiger partial charge in [0.15, 0.2) is 0 Å². The zero-order valence-electron chi connectivity index (χ0n) is 29.8. The summed E-state index contributed by atoms with van der Waals surface area (Å²) in [5.74, 6) is 1.02. The lowest BCUT2D eigenvalue weighted by Crippen LogP contribution is -2.64. The molecule has 51 heavy (non-hydrogen) atoms. The first-order valence-corrected chi connectivity index (χ1v) is 19.6. The summed E-state index contributed by atoms with van der Waals surface area (Å²) in [4.78, 5) is 9.08. The van der Waals surface area contributed by atoms with Crippen molar-refractivity contribution in [1.29, 1.82) is 0 Å². The van der Waals surface area contributed by atoms with Crippen LogP contribution in [0.25, 0.3) is 10.8 Å². The minimum Gasteiger partial charge on any atom is -0.492 e. The third-order valence-electron chi connectivity index (χ3n) is 11.0. The van der Waals surface area contributed by atoms with Gasteiger partial charge < -0.3 is 29.3 Å². The lowest BCUT2D eigenvalue weighted by molar-refractivity contribution is -0.223. The van der Waals surface area contributed by atoms with Gasteiger partial charge >= 0.3 is 0 Å². The predicted molar refractivity (Wildman–Crippen MR) is 204 cm³/mol. The second-order valence-electron chi connectivity index (χ2n) is 14.2. The minimum atomic E-state index is -1.02. The molecule has 6 atom stereocenters. The normalized spacial score (nSPS) is 27.3. The van der Waals surface area contributed by atoms with Crippen LogP contribution in [-0.4, -0.2) is 85.0 Å². The summed E-state index contributed by atoms with van der Waals surface area (Å²) in [5, 5.41) is 26.5. The molecule has 8 nitrogen and oxygen atoms in total. The van der Waals surface area contributed by atoms with E-state index in [0.29, 0.717) is 19.6 Å². The standard InChI is InChI=1S/C42H52N2O6S/c1-3-23-49-42-39(51-33-16-14-29-10-4-5-11-30(29)25-33)28-37(43-47-2)35-26-31(12-6-8-21-45)34(13-7-9-22-46)40(41(35)42)36-27-32(15-17-38(36)50-42)48-24-20-44-18-19-44/h3-5,10-11,14-17,25-27,31,34,39-41,45-46H,1,6-9,12-13,18-24,28H2,2H3/t31-,34+,39-,40+,41+,42+/m0/s1. The summed E-state index contributed by atoms with van der Waals surface area (Å²) in [6.07, 6.45) is 10.1. The highest BCUT2D eigenvalue weighted by molar-refractivity contribution is 8.00. The minimum absolute atomic E-state index is 0.0363. The van der Waals surface area contributed by atoms with Gasteiger partial charge in [-0.3, -0.25) is 4.90 Å². The first kappa shape index (κ1) is 36.0. The molecule has 2 N–H and O–H groups in total. The van der Waals surface area contributed by atoms with Gasteiger partial charge in [0.1, 0.15) is 25.2 Å². The average Bonchev–Trinajstić information content (AvgIpc) is 3.98. The molecule has 9 heteroatoms. The van der Waals surface area contributed by atoms with E-state index in [1.54, 1.807) is 18.9 Å². The molecule has 0 unspecified atom stereocenters. The van der Waals surface area contributed by atoms with Crippen LogP contribution in [-0.2, 0) is 9.57 Å². The monoisotopic (exact) mass is 712 g/mol. The molecular formula is C42H52N2O6S. The van der Waals surface area contributed by atoms with Crippen LogP contribution in [0.3, 0.4) is 0 Å². The van der Waals surface area contributed by atoms with Gasteiger partial charge in [-0.1, -0.05) is 60.5 Å². The zero-order chi connectivity index (χ0) is 35.2. The van der Waals surface area contributed by atoms with Gasteiger partial charge in [0.25, 0.3) is 0 Å². The van der Waals surface area contributed by atoms with E-state index >= 15 is 0 Å². The molecule has 0 radical (unpaired) electrons. The van der Waals surface area contributed by atoms with E-state index in [9.17, 15) is 10.2 Å². The molecule has 3 aromatic carbocycles. The Balaban J connectivity index is 1.37. The molecule has 3 aromatic rings. The van der Waals surface area contributed by atoms with Crippen LogP contribution in [0.2, 0.25) is 0 Å². The van der Waals surface area contributed by atoms with E-state index in [0.717, 1.165) is 91.4 Å². The number of hydrogen-bond donors (Lipinski definition) is 2. The van der Waals surface area contributed by atoms with E-state index in [4.69, 9.17) is 24.2 Å². The number of allylic oxidation sites excluding steroid dienone is 1. The predicted octanol–water partition coefficient (Wildman–Crippen LogP) is 7.59. The average molecular weight is 713 g/mol. The number of fused-ring (bicyclic) bond motifs is 3. The van der Waals surface area contributed by atoms with Crippen molar-refractivity contribution in [1.82, 2.24) is 4.90 Å². The number of nitrogens with zero attached hydrogens (tertiary/aromatic N) is 2. The Labute approximate surface area is 306 Å². The molecule has 4 aliphatic rings. The molecule has 0 aromatic heterocycles. The van der Waals surface area contributed by atoms with Crippen molar-refractivity contribution in [3.05, 3.63) is 90.5 Å². The van der Waals surface area contributed by atoms with Gasteiger partial charge in [-0.05, 0) is 84.2 Å². The fourth-order valence-electron chi connectivity index (χ4n) is 8.62. The Morgan fingerprint density at radius 2 is 1.80 bits per heavy atom. The van der Waals surface area contributed by atoms with Crippen molar-refractivity contribution in [3.63, 3.8) is 0 Å². The molecule has 0 amide bonds. The summed E-state index contributed by atoms with van der Waals surface area (Å²) in [5.41, 5.74) is 3.21. The van der Waals surface area contributed by atoms with Crippen LogP contribution in [0.5, 0.6) is 11.5 Å². The van der Waals surface area contributed by atoms with Crippen molar-refractivity contribution < 1.29 is 29.3 Å². The van der Waals surface area contributed by atoms with Gasteiger partial charge in [-0.15, -0.1) is 18.3 Å². The maximum Gasteiger partial charge on any atom is 0.231 e. The molecule has 272 valence electrons. The summed E-state index contributed by atoms with van der Waals surface area (Å²) in [6, 6.07) is 21.4. The fraction of sp³-hybridized carbons (Fsp3) is 0.500. The Hall–Kier alpha value is -3.34. The summed E-state index contributed by atoms with van der Waals surface area (Å²) < 4.78 is 20.7. The highest BCUT2D eigenvalue weighted by Gasteiger charge is 2.64. The highest BCUT2D eigenvalue weighted by Crippen LogP contribution is 2.63. The molecule has 1 saturated heterocycles. The Kier molecular flexibility index (Phi) is 11.7. The topological polar surface area (TPSA) is 92.8 Å². The summed E-state index contributed by atoms with van der Waals surface area (Å²) >= 11 is 1.78. The van der Waals surface area contributed by atoms with Gasteiger partial charge in [-0.25, -0.2) is 0 Å². The SMILES string of the molecule is C=CCO[C@@]12Oc3ccc(OCCN4CC4)cc3[C@H]3[C@H](CCCCO)[C@@H](CCCCO)C=C(C(=NOC)C[C@@H]1Sc1ccc4ccccc4c1)[C@H]32. The van der Waals surface area contributed by atoms with Gasteiger partial charge in [-0.2, -0.15) is 0 Å². The molecule has 0 bridgehead atoms. The number of oxime groups is 1. The molecule has 2 aliphatic carbocycles. The summed E-state index contributed by atoms with van der Waals surface area (Å²) in [6.45, 7) is 8.59. The van der Waals surface area contributed by atoms with Crippen molar-refractivity contribution >= 4 is 28.2 Å². The van der Waals surface area contributed by atoms with E-state index in [-0.39, 0.29) is 42.1 Å². The van der Waals surface area contributed by atoms with E-state index in [1.807, 2.05) is 12.1 Å². The number of aliphatic hydroxyl groups excluding tert-OH is 2. The van der Waals surface area contributed by atoms with Crippen LogP contribution >= 0.6 is 11.8 Å². The smallest absolute Gasteiger partial charge is 0.231 e. The van der Waals surface area contributed by atoms with Crippen LogP contribution < -0.4 is 9.47 Å². The number of ether oxygens (including phenoxy) is 3. The van der Waals surface area contributed by atoms with Crippen LogP contribution in [0.4, 0.5) is 0 Å². The number of hydrogen-bond acceptors (Lipinski definition) is 9. The second-order valence-corrected chi connectivity index (χ2v) is 15.5. The Morgan fingerprint density at radius 3 is 2.57 bits per heavy atom. The third kappa shape index (κ3) is 7.74. The Bertz CT molecular complexity index is 1720. The lowest BCUT2D eigenvalue weighted by atomic mass is 9.56. The molecule has 2 aliphatic heterocycles. The first-order valence-electron chi connectivity index (χ1n) is 18.7. The van der Waals surface area contributed by atoms with Crippen LogP contribution in [0, 0.1) is 17.8 Å². The first-order chi connectivity index (χ1) is 25.1. The summed E-state index contributed by atoms with van der Waals surface area (Å²) in [7, 11) is 1.63. The maximum absolute atomic E-state index is 9.85. The van der Waals surface area contributed by atoms with E-state index < -0.39 is 5.79 Å². The number of thioether (sulfide) groups is 1. The number of benzene rings is 3. The molecule has 2 heterocycles. The lowest BCUT2D eigenvalue weighted by Gasteiger charge is -2.58. The number of unbranched alkanes of at least 4 members (excludes halogenated alkanes) is 2. The zero-order valence-corrected chi connectivity index (χ0v) is 30.6. The quantitative estimate of drug-likeness (QED) is 0.0604. The van der Waals surface area contributed by atoms with Crippen molar-refractivity contribution in [2.24, 2.45) is 22.9 Å². The highest BCUT2D eigenvalue weighted by atomic mass is 32.2. The van der Waals surface area contributed by atoms with Crippen LogP contribution in [0.15, 0.2) is 95.0 Å². The van der Waals surface area contributed by atoms with Crippen molar-refractivity contribution in [2.45, 2.75) is 66.8 Å². The third-order valence-corrected chi connectivity index (χ3v) is 12.3.